The lowest BCUT2D eigenvalue weighted by molar-refractivity contribution is 0.0930. The first-order chi connectivity index (χ1) is 15.8. The van der Waals surface area contributed by atoms with E-state index in [1.165, 1.54) is 0 Å². The Morgan fingerprint density at radius 2 is 1.85 bits per heavy atom. The van der Waals surface area contributed by atoms with E-state index in [1.54, 1.807) is 0 Å². The molecular formula is C27H33N5O. The molecule has 1 saturated heterocycles. The molecule has 2 aliphatic rings. The van der Waals surface area contributed by atoms with Gasteiger partial charge in [0.25, 0.3) is 5.91 Å². The van der Waals surface area contributed by atoms with Crippen LogP contribution in [0.25, 0.3) is 10.9 Å². The van der Waals surface area contributed by atoms with E-state index in [0.717, 1.165) is 64.9 Å². The molecule has 1 N–H and O–H groups in total. The second kappa shape index (κ2) is 8.03. The van der Waals surface area contributed by atoms with Crippen molar-refractivity contribution in [3.8, 4) is 0 Å². The van der Waals surface area contributed by atoms with Gasteiger partial charge in [0.1, 0.15) is 0 Å². The Balaban J connectivity index is 1.42. The van der Waals surface area contributed by atoms with Crippen molar-refractivity contribution >= 4 is 28.2 Å². The molecule has 33 heavy (non-hydrogen) atoms. The van der Waals surface area contributed by atoms with Gasteiger partial charge >= 0.3 is 0 Å². The summed E-state index contributed by atoms with van der Waals surface area (Å²) in [4.78, 5) is 24.8. The van der Waals surface area contributed by atoms with Gasteiger partial charge in [0.2, 0.25) is 0 Å². The largest absolute Gasteiger partial charge is 0.376 e. The van der Waals surface area contributed by atoms with E-state index in [-0.39, 0.29) is 11.4 Å². The summed E-state index contributed by atoms with van der Waals surface area (Å²) in [5.41, 5.74) is 5.80. The number of hydrogen-bond donors (Lipinski definition) is 1. The maximum absolute atomic E-state index is 13.5. The van der Waals surface area contributed by atoms with Gasteiger partial charge in [-0.3, -0.25) is 9.78 Å². The zero-order valence-electron chi connectivity index (χ0n) is 20.2. The van der Waals surface area contributed by atoms with Crippen LogP contribution in [0, 0.1) is 6.92 Å². The third-order valence-corrected chi connectivity index (χ3v) is 7.27. The Labute approximate surface area is 196 Å². The Kier molecular flexibility index (Phi) is 5.28. The van der Waals surface area contributed by atoms with Crippen molar-refractivity contribution < 1.29 is 4.79 Å². The van der Waals surface area contributed by atoms with Crippen molar-refractivity contribution in [1.29, 1.82) is 0 Å². The minimum atomic E-state index is -0.321. The molecule has 0 spiro atoms. The molecule has 6 nitrogen and oxygen atoms in total. The predicted octanol–water partition coefficient (Wildman–Crippen LogP) is 3.78. The van der Waals surface area contributed by atoms with E-state index in [0.29, 0.717) is 6.04 Å². The number of pyridine rings is 1. The Morgan fingerprint density at radius 3 is 2.52 bits per heavy atom. The summed E-state index contributed by atoms with van der Waals surface area (Å²) in [5.74, 6) is 0.00487. The van der Waals surface area contributed by atoms with Gasteiger partial charge in [0.05, 0.1) is 16.7 Å². The van der Waals surface area contributed by atoms with E-state index in [2.05, 4.69) is 81.6 Å². The number of amides is 1. The second-order valence-electron chi connectivity index (χ2n) is 9.98. The summed E-state index contributed by atoms with van der Waals surface area (Å²) < 4.78 is 0. The van der Waals surface area contributed by atoms with Gasteiger partial charge in [-0.1, -0.05) is 18.2 Å². The summed E-state index contributed by atoms with van der Waals surface area (Å²) in [5, 5.41) is 4.52. The van der Waals surface area contributed by atoms with E-state index in [4.69, 9.17) is 0 Å². The lowest BCUT2D eigenvalue weighted by Gasteiger charge is -2.44. The highest BCUT2D eigenvalue weighted by Crippen LogP contribution is 2.48. The zero-order valence-corrected chi connectivity index (χ0v) is 20.2. The minimum absolute atomic E-state index is 0.00487. The first-order valence-electron chi connectivity index (χ1n) is 11.7. The fourth-order valence-electron chi connectivity index (χ4n) is 4.85. The molecular weight excluding hydrogens is 410 g/mol. The van der Waals surface area contributed by atoms with Crippen LogP contribution in [0.3, 0.4) is 0 Å². The molecule has 1 saturated carbocycles. The highest BCUT2D eigenvalue weighted by molar-refractivity contribution is 5.99. The minimum Gasteiger partial charge on any atom is -0.376 e. The first-order valence-corrected chi connectivity index (χ1v) is 11.7. The molecule has 1 aromatic heterocycles. The van der Waals surface area contributed by atoms with E-state index in [9.17, 15) is 4.79 Å². The van der Waals surface area contributed by atoms with Crippen LogP contribution >= 0.6 is 0 Å². The molecule has 2 heterocycles. The van der Waals surface area contributed by atoms with Crippen LogP contribution in [0.15, 0.2) is 48.7 Å². The molecule has 5 rings (SSSR count). The van der Waals surface area contributed by atoms with Crippen LogP contribution in [0.4, 0.5) is 11.4 Å². The Morgan fingerprint density at radius 1 is 1.09 bits per heavy atom. The molecule has 0 radical (unpaired) electrons. The number of aryl methyl sites for hydroxylation is 1. The number of nitrogens with one attached hydrogen (secondary N) is 1. The van der Waals surface area contributed by atoms with E-state index < -0.39 is 0 Å². The highest BCUT2D eigenvalue weighted by Gasteiger charge is 2.47. The summed E-state index contributed by atoms with van der Waals surface area (Å²) in [6.45, 7) is 4.01. The number of hydrogen-bond acceptors (Lipinski definition) is 5. The molecule has 2 fully saturated rings. The van der Waals surface area contributed by atoms with Crippen molar-refractivity contribution in [3.05, 3.63) is 65.4 Å². The lowest BCUT2D eigenvalue weighted by Crippen LogP contribution is -2.57. The second-order valence-corrected chi connectivity index (χ2v) is 9.98. The quantitative estimate of drug-likeness (QED) is 0.628. The van der Waals surface area contributed by atoms with Crippen molar-refractivity contribution in [3.63, 3.8) is 0 Å². The number of fused-ring (bicyclic) bond motifs is 1. The number of para-hydroxylation sites is 1. The van der Waals surface area contributed by atoms with Crippen LogP contribution in [-0.2, 0) is 5.54 Å². The molecule has 1 amide bonds. The fourth-order valence-corrected chi connectivity index (χ4v) is 4.85. The maximum atomic E-state index is 13.5. The van der Waals surface area contributed by atoms with Crippen molar-refractivity contribution in [1.82, 2.24) is 15.2 Å². The number of nitrogens with zero attached hydrogens (tertiary/aromatic N) is 4. The topological polar surface area (TPSA) is 51.7 Å². The predicted molar refractivity (Wildman–Crippen MR) is 135 cm³/mol. The number of carbonyl (C=O) groups excluding carboxylic acids is 1. The van der Waals surface area contributed by atoms with Crippen molar-refractivity contribution in [2.45, 2.75) is 31.3 Å². The monoisotopic (exact) mass is 443 g/mol. The number of likely N-dealkylation sites (N-methyl/N-ethyl adjacent to an activating group) is 1. The average molecular weight is 444 g/mol. The molecule has 3 aromatic rings. The summed E-state index contributed by atoms with van der Waals surface area (Å²) in [6, 6.07) is 15.2. The SMILES string of the molecule is Cc1ccc(N2CC(N(C)C)C2)cc1C(=O)NC1(c2ccnc3c(N(C)C)cccc23)CC1. The Bertz CT molecular complexity index is 1210. The van der Waals surface area contributed by atoms with Crippen LogP contribution in [0.2, 0.25) is 0 Å². The molecule has 0 atom stereocenters. The smallest absolute Gasteiger partial charge is 0.252 e. The van der Waals surface area contributed by atoms with Crippen LogP contribution in [-0.4, -0.2) is 63.1 Å². The zero-order chi connectivity index (χ0) is 23.3. The van der Waals surface area contributed by atoms with E-state index >= 15 is 0 Å². The summed E-state index contributed by atoms with van der Waals surface area (Å²) >= 11 is 0. The van der Waals surface area contributed by atoms with Crippen LogP contribution in [0.1, 0.15) is 34.3 Å². The number of aromatic nitrogens is 1. The van der Waals surface area contributed by atoms with Gasteiger partial charge in [-0.05, 0) is 69.3 Å². The first kappa shape index (κ1) is 21.7. The summed E-state index contributed by atoms with van der Waals surface area (Å²) in [6.07, 6.45) is 3.76. The third-order valence-electron chi connectivity index (χ3n) is 7.27. The fraction of sp³-hybridized carbons (Fsp3) is 0.407. The van der Waals surface area contributed by atoms with Gasteiger partial charge < -0.3 is 20.0 Å². The third kappa shape index (κ3) is 3.82. The number of rotatable bonds is 6. The lowest BCUT2D eigenvalue weighted by atomic mass is 9.98. The van der Waals surface area contributed by atoms with E-state index in [1.807, 2.05) is 27.2 Å². The van der Waals surface area contributed by atoms with Gasteiger partial charge in [0.15, 0.2) is 0 Å². The van der Waals surface area contributed by atoms with Crippen molar-refractivity contribution in [2.24, 2.45) is 0 Å². The molecule has 0 unspecified atom stereocenters. The number of benzene rings is 2. The number of anilines is 2. The molecule has 172 valence electrons. The molecule has 6 heteroatoms. The molecule has 1 aliphatic heterocycles. The molecule has 0 bridgehead atoms. The normalized spacial score (nSPS) is 17.2. The van der Waals surface area contributed by atoms with Crippen molar-refractivity contribution in [2.75, 3.05) is 51.1 Å². The molecule has 1 aliphatic carbocycles. The maximum Gasteiger partial charge on any atom is 0.252 e. The standard InChI is InChI=1S/C27H33N5O/c1-18-9-10-19(32-16-20(17-32)30(2)3)15-22(18)26(33)29-27(12-13-27)23-11-14-28-25-21(23)7-6-8-24(25)31(4)5/h6-11,14-15,20H,12-13,16-17H2,1-5H3,(H,29,33). The van der Waals surface area contributed by atoms with Gasteiger partial charge in [-0.2, -0.15) is 0 Å². The van der Waals surface area contributed by atoms with Crippen LogP contribution < -0.4 is 15.1 Å². The van der Waals surface area contributed by atoms with Gasteiger partial charge in [0, 0.05) is 56.1 Å². The summed E-state index contributed by atoms with van der Waals surface area (Å²) in [7, 11) is 8.31. The Hall–Kier alpha value is -3.12. The number of carbonyl (C=O) groups is 1. The highest BCUT2D eigenvalue weighted by atomic mass is 16.1. The van der Waals surface area contributed by atoms with Gasteiger partial charge in [-0.15, -0.1) is 0 Å². The van der Waals surface area contributed by atoms with Crippen LogP contribution in [0.5, 0.6) is 0 Å². The molecule has 2 aromatic carbocycles. The average Bonchev–Trinajstić information content (AvgIpc) is 3.52. The van der Waals surface area contributed by atoms with Gasteiger partial charge in [-0.25, -0.2) is 0 Å².